The highest BCUT2D eigenvalue weighted by Crippen LogP contribution is 2.41. The molecule has 2 unspecified atom stereocenters. The topological polar surface area (TPSA) is 69.7 Å². The van der Waals surface area contributed by atoms with Crippen molar-refractivity contribution in [3.8, 4) is 0 Å². The van der Waals surface area contributed by atoms with Gasteiger partial charge in [0.2, 0.25) is 17.7 Å². The minimum absolute atomic E-state index is 0.0459. The first-order valence-electron chi connectivity index (χ1n) is 9.32. The molecule has 1 saturated heterocycles. The molecule has 6 heteroatoms. The summed E-state index contributed by atoms with van der Waals surface area (Å²) in [6.07, 6.45) is 0.613. The molecule has 1 saturated carbocycles. The van der Waals surface area contributed by atoms with Gasteiger partial charge in [0.25, 0.3) is 0 Å². The maximum Gasteiger partial charge on any atom is 0.228 e. The maximum absolute atomic E-state index is 12.6. The van der Waals surface area contributed by atoms with E-state index in [2.05, 4.69) is 19.2 Å². The molecular formula is C20H27N3O3. The fourth-order valence-corrected chi connectivity index (χ4v) is 3.57. The van der Waals surface area contributed by atoms with Crippen molar-refractivity contribution in [3.05, 3.63) is 29.8 Å². The van der Waals surface area contributed by atoms with E-state index in [1.54, 1.807) is 16.7 Å². The largest absolute Gasteiger partial charge is 0.339 e. The van der Waals surface area contributed by atoms with Crippen molar-refractivity contribution in [2.75, 3.05) is 31.5 Å². The number of nitrogens with one attached hydrogen (secondary N) is 1. The van der Waals surface area contributed by atoms with Crippen LogP contribution in [-0.2, 0) is 14.4 Å². The van der Waals surface area contributed by atoms with Crippen LogP contribution in [-0.4, -0.2) is 53.7 Å². The molecule has 1 aromatic rings. The summed E-state index contributed by atoms with van der Waals surface area (Å²) in [5, 5.41) is 3.00. The minimum atomic E-state index is -0.242. The first-order chi connectivity index (χ1) is 12.4. The SMILES string of the molecule is CC(=O)N1CCN(C(=O)C2CC2C(=O)Nc2ccccc2C(C)C)CC1. The lowest BCUT2D eigenvalue weighted by Gasteiger charge is -2.34. The van der Waals surface area contributed by atoms with Gasteiger partial charge in [0.1, 0.15) is 0 Å². The molecule has 2 aliphatic rings. The van der Waals surface area contributed by atoms with Gasteiger partial charge in [0, 0.05) is 38.8 Å². The Morgan fingerprint density at radius 1 is 1.00 bits per heavy atom. The summed E-state index contributed by atoms with van der Waals surface area (Å²) in [5.74, 6) is -0.117. The number of para-hydroxylation sites is 1. The Kier molecular flexibility index (Phi) is 5.30. The molecule has 3 rings (SSSR count). The van der Waals surface area contributed by atoms with E-state index in [1.807, 2.05) is 24.3 Å². The summed E-state index contributed by atoms with van der Waals surface area (Å²) in [6, 6.07) is 7.80. The second-order valence-electron chi connectivity index (χ2n) is 7.51. The van der Waals surface area contributed by atoms with Gasteiger partial charge in [-0.15, -0.1) is 0 Å². The molecule has 1 N–H and O–H groups in total. The van der Waals surface area contributed by atoms with Crippen LogP contribution in [0.1, 0.15) is 38.7 Å². The lowest BCUT2D eigenvalue weighted by molar-refractivity contribution is -0.139. The quantitative estimate of drug-likeness (QED) is 0.897. The van der Waals surface area contributed by atoms with E-state index in [4.69, 9.17) is 0 Å². The molecule has 1 aromatic carbocycles. The molecule has 0 bridgehead atoms. The summed E-state index contributed by atoms with van der Waals surface area (Å²) >= 11 is 0. The summed E-state index contributed by atoms with van der Waals surface area (Å²) in [4.78, 5) is 40.1. The van der Waals surface area contributed by atoms with E-state index in [0.717, 1.165) is 11.3 Å². The van der Waals surface area contributed by atoms with E-state index < -0.39 is 0 Å². The molecule has 0 aromatic heterocycles. The zero-order valence-corrected chi connectivity index (χ0v) is 15.7. The van der Waals surface area contributed by atoms with Gasteiger partial charge in [-0.2, -0.15) is 0 Å². The lowest BCUT2D eigenvalue weighted by Crippen LogP contribution is -2.50. The Labute approximate surface area is 154 Å². The van der Waals surface area contributed by atoms with E-state index in [1.165, 1.54) is 0 Å². The Morgan fingerprint density at radius 3 is 2.23 bits per heavy atom. The number of rotatable bonds is 4. The molecule has 1 heterocycles. The smallest absolute Gasteiger partial charge is 0.228 e. The fraction of sp³-hybridized carbons (Fsp3) is 0.550. The Morgan fingerprint density at radius 2 is 1.62 bits per heavy atom. The average molecular weight is 357 g/mol. The zero-order valence-electron chi connectivity index (χ0n) is 15.7. The molecule has 2 atom stereocenters. The first kappa shape index (κ1) is 18.4. The molecule has 1 aliphatic carbocycles. The highest BCUT2D eigenvalue weighted by atomic mass is 16.2. The predicted octanol–water partition coefficient (Wildman–Crippen LogP) is 2.08. The van der Waals surface area contributed by atoms with Crippen molar-refractivity contribution in [3.63, 3.8) is 0 Å². The van der Waals surface area contributed by atoms with Crippen LogP contribution in [0.25, 0.3) is 0 Å². The van der Waals surface area contributed by atoms with Crippen LogP contribution in [0.4, 0.5) is 5.69 Å². The highest BCUT2D eigenvalue weighted by Gasteiger charge is 2.49. The fourth-order valence-electron chi connectivity index (χ4n) is 3.57. The second kappa shape index (κ2) is 7.48. The third kappa shape index (κ3) is 3.89. The molecule has 0 radical (unpaired) electrons. The highest BCUT2D eigenvalue weighted by molar-refractivity contribution is 6.00. The van der Waals surface area contributed by atoms with Gasteiger partial charge in [0.15, 0.2) is 0 Å². The Bertz CT molecular complexity index is 708. The van der Waals surface area contributed by atoms with Crippen molar-refractivity contribution >= 4 is 23.4 Å². The van der Waals surface area contributed by atoms with E-state index in [9.17, 15) is 14.4 Å². The number of hydrogen-bond acceptors (Lipinski definition) is 3. The monoisotopic (exact) mass is 357 g/mol. The number of benzene rings is 1. The van der Waals surface area contributed by atoms with Gasteiger partial charge in [-0.25, -0.2) is 0 Å². The molecule has 0 spiro atoms. The summed E-state index contributed by atoms with van der Waals surface area (Å²) in [5.41, 5.74) is 1.94. The third-order valence-corrected chi connectivity index (χ3v) is 5.32. The van der Waals surface area contributed by atoms with Crippen LogP contribution in [0.3, 0.4) is 0 Å². The lowest BCUT2D eigenvalue weighted by atomic mass is 10.0. The zero-order chi connectivity index (χ0) is 18.8. The predicted molar refractivity (Wildman–Crippen MR) is 99.6 cm³/mol. The van der Waals surface area contributed by atoms with Gasteiger partial charge < -0.3 is 15.1 Å². The molecule has 26 heavy (non-hydrogen) atoms. The van der Waals surface area contributed by atoms with Gasteiger partial charge in [-0.05, 0) is 24.0 Å². The van der Waals surface area contributed by atoms with E-state index >= 15 is 0 Å². The molecular weight excluding hydrogens is 330 g/mol. The van der Waals surface area contributed by atoms with Crippen LogP contribution >= 0.6 is 0 Å². The van der Waals surface area contributed by atoms with Crippen molar-refractivity contribution in [2.24, 2.45) is 11.8 Å². The van der Waals surface area contributed by atoms with Gasteiger partial charge in [-0.1, -0.05) is 32.0 Å². The molecule has 2 fully saturated rings. The van der Waals surface area contributed by atoms with Crippen molar-refractivity contribution in [2.45, 2.75) is 33.1 Å². The molecule has 3 amide bonds. The van der Waals surface area contributed by atoms with Crippen LogP contribution in [0.2, 0.25) is 0 Å². The van der Waals surface area contributed by atoms with E-state index in [0.29, 0.717) is 38.5 Å². The first-order valence-corrected chi connectivity index (χ1v) is 9.32. The normalized spacial score (nSPS) is 22.3. The van der Waals surface area contributed by atoms with Gasteiger partial charge in [-0.3, -0.25) is 14.4 Å². The number of anilines is 1. The van der Waals surface area contributed by atoms with Crippen LogP contribution in [0, 0.1) is 11.8 Å². The number of amides is 3. The summed E-state index contributed by atoms with van der Waals surface area (Å²) < 4.78 is 0. The number of carbonyl (C=O) groups is 3. The Balaban J connectivity index is 1.55. The second-order valence-corrected chi connectivity index (χ2v) is 7.51. The standard InChI is InChI=1S/C20H27N3O3/c1-13(2)15-6-4-5-7-18(15)21-19(25)16-12-17(16)20(26)23-10-8-22(9-11-23)14(3)24/h4-7,13,16-17H,8-12H2,1-3H3,(H,21,25). The summed E-state index contributed by atoms with van der Waals surface area (Å²) in [7, 11) is 0. The minimum Gasteiger partial charge on any atom is -0.339 e. The van der Waals surface area contributed by atoms with Crippen LogP contribution in [0.15, 0.2) is 24.3 Å². The number of carbonyl (C=O) groups excluding carboxylic acids is 3. The third-order valence-electron chi connectivity index (χ3n) is 5.32. The van der Waals surface area contributed by atoms with E-state index in [-0.39, 0.29) is 29.6 Å². The van der Waals surface area contributed by atoms with Crippen molar-refractivity contribution < 1.29 is 14.4 Å². The van der Waals surface area contributed by atoms with Crippen molar-refractivity contribution in [1.29, 1.82) is 0 Å². The van der Waals surface area contributed by atoms with Crippen LogP contribution < -0.4 is 5.32 Å². The molecule has 6 nitrogen and oxygen atoms in total. The number of piperazine rings is 1. The van der Waals surface area contributed by atoms with Crippen LogP contribution in [0.5, 0.6) is 0 Å². The number of hydrogen-bond donors (Lipinski definition) is 1. The molecule has 140 valence electrons. The number of nitrogens with zero attached hydrogens (tertiary/aromatic N) is 2. The van der Waals surface area contributed by atoms with Gasteiger partial charge in [0.05, 0.1) is 11.8 Å². The van der Waals surface area contributed by atoms with Crippen molar-refractivity contribution in [1.82, 2.24) is 9.80 Å². The summed E-state index contributed by atoms with van der Waals surface area (Å²) in [6.45, 7) is 8.00. The van der Waals surface area contributed by atoms with Gasteiger partial charge >= 0.3 is 0 Å². The Hall–Kier alpha value is -2.37. The average Bonchev–Trinajstić information content (AvgIpc) is 3.42. The maximum atomic E-state index is 12.6. The molecule has 1 aliphatic heterocycles.